The third-order valence-corrected chi connectivity index (χ3v) is 5.13. The molecule has 2 aromatic carbocycles. The molecule has 0 spiro atoms. The Hall–Kier alpha value is -2.82. The highest BCUT2D eigenvalue weighted by Gasteiger charge is 2.29. The van der Waals surface area contributed by atoms with Crippen LogP contribution in [0.3, 0.4) is 0 Å². The highest BCUT2D eigenvalue weighted by atomic mass is 16.6. The van der Waals surface area contributed by atoms with E-state index in [0.717, 1.165) is 6.42 Å². The average Bonchev–Trinajstić information content (AvgIpc) is 2.97. The molecule has 134 valence electrons. The van der Waals surface area contributed by atoms with Crippen LogP contribution in [0.2, 0.25) is 0 Å². The quantitative estimate of drug-likeness (QED) is 0.905. The summed E-state index contributed by atoms with van der Waals surface area (Å²) in [6.07, 6.45) is 0.738. The zero-order chi connectivity index (χ0) is 17.9. The summed E-state index contributed by atoms with van der Waals surface area (Å²) in [5, 5.41) is 2.82. The van der Waals surface area contributed by atoms with Crippen LogP contribution in [0.25, 0.3) is 11.1 Å². The fourth-order valence-electron chi connectivity index (χ4n) is 3.80. The largest absolute Gasteiger partial charge is 0.448 e. The molecule has 26 heavy (non-hydrogen) atoms. The molecule has 1 aliphatic heterocycles. The maximum absolute atomic E-state index is 12.5. The van der Waals surface area contributed by atoms with Gasteiger partial charge < -0.3 is 15.0 Å². The lowest BCUT2D eigenvalue weighted by Crippen LogP contribution is -2.40. The highest BCUT2D eigenvalue weighted by Crippen LogP contribution is 2.44. The number of amides is 2. The van der Waals surface area contributed by atoms with Gasteiger partial charge in [0.05, 0.1) is 0 Å². The molecule has 2 aliphatic rings. The van der Waals surface area contributed by atoms with E-state index in [9.17, 15) is 9.59 Å². The summed E-state index contributed by atoms with van der Waals surface area (Å²) in [6.45, 7) is 1.93. The van der Waals surface area contributed by atoms with Gasteiger partial charge >= 0.3 is 6.09 Å². The highest BCUT2D eigenvalue weighted by molar-refractivity contribution is 5.79. The van der Waals surface area contributed by atoms with Crippen molar-refractivity contribution in [2.45, 2.75) is 18.8 Å². The fourth-order valence-corrected chi connectivity index (χ4v) is 3.80. The number of carbonyl (C=O) groups excluding carboxylic acids is 2. The Balaban J connectivity index is 1.47. The molecule has 1 N–H and O–H groups in total. The summed E-state index contributed by atoms with van der Waals surface area (Å²) in [5.41, 5.74) is 4.83. The van der Waals surface area contributed by atoms with Gasteiger partial charge in [-0.2, -0.15) is 0 Å². The lowest BCUT2D eigenvalue weighted by atomic mass is 9.98. The SMILES string of the molecule is O=C1CCN(C(=O)OCC2c3ccccc3-c3ccccc32)CCCN1. The Bertz CT molecular complexity index is 788. The van der Waals surface area contributed by atoms with Crippen LogP contribution < -0.4 is 5.32 Å². The molecular formula is C21H22N2O3. The number of hydrogen-bond acceptors (Lipinski definition) is 3. The van der Waals surface area contributed by atoms with E-state index >= 15 is 0 Å². The molecular weight excluding hydrogens is 328 g/mol. The molecule has 1 saturated heterocycles. The van der Waals surface area contributed by atoms with Crippen molar-refractivity contribution in [3.8, 4) is 11.1 Å². The lowest BCUT2D eigenvalue weighted by molar-refractivity contribution is -0.121. The van der Waals surface area contributed by atoms with E-state index in [2.05, 4.69) is 29.6 Å². The summed E-state index contributed by atoms with van der Waals surface area (Å²) in [4.78, 5) is 25.7. The average molecular weight is 350 g/mol. The van der Waals surface area contributed by atoms with Crippen molar-refractivity contribution in [3.63, 3.8) is 0 Å². The van der Waals surface area contributed by atoms with Crippen molar-refractivity contribution < 1.29 is 14.3 Å². The van der Waals surface area contributed by atoms with Crippen LogP contribution in [-0.2, 0) is 9.53 Å². The van der Waals surface area contributed by atoms with Crippen molar-refractivity contribution in [3.05, 3.63) is 59.7 Å². The monoisotopic (exact) mass is 350 g/mol. The molecule has 1 heterocycles. The minimum absolute atomic E-state index is 0.0128. The topological polar surface area (TPSA) is 58.6 Å². The number of rotatable bonds is 2. The van der Waals surface area contributed by atoms with Crippen LogP contribution in [0, 0.1) is 0 Å². The number of carbonyl (C=O) groups is 2. The first kappa shape index (κ1) is 16.6. The fraction of sp³-hybridized carbons (Fsp3) is 0.333. The number of nitrogens with one attached hydrogen (secondary N) is 1. The van der Waals surface area contributed by atoms with Crippen molar-refractivity contribution >= 4 is 12.0 Å². The summed E-state index contributed by atoms with van der Waals surface area (Å²) in [5.74, 6) is 0.0468. The molecule has 1 fully saturated rings. The standard InChI is InChI=1S/C21H22N2O3/c24-20-10-13-23(12-5-11-22-20)21(25)26-14-19-17-8-3-1-6-15(17)16-7-2-4-9-18(16)19/h1-4,6-9,19H,5,10-14H2,(H,22,24). The molecule has 0 atom stereocenters. The molecule has 0 aromatic heterocycles. The molecule has 2 amide bonds. The predicted octanol–water partition coefficient (Wildman–Crippen LogP) is 3.15. The lowest BCUT2D eigenvalue weighted by Gasteiger charge is -2.25. The van der Waals surface area contributed by atoms with Gasteiger partial charge in [0.25, 0.3) is 0 Å². The molecule has 5 nitrogen and oxygen atoms in total. The first-order valence-electron chi connectivity index (χ1n) is 9.10. The first-order valence-corrected chi connectivity index (χ1v) is 9.10. The zero-order valence-corrected chi connectivity index (χ0v) is 14.6. The molecule has 4 rings (SSSR count). The molecule has 1 aliphatic carbocycles. The van der Waals surface area contributed by atoms with Crippen molar-refractivity contribution in [1.82, 2.24) is 10.2 Å². The summed E-state index contributed by atoms with van der Waals surface area (Å²) < 4.78 is 5.67. The van der Waals surface area contributed by atoms with Gasteiger partial charge in [0.1, 0.15) is 6.61 Å². The van der Waals surface area contributed by atoms with Gasteiger partial charge in [-0.25, -0.2) is 4.79 Å². The van der Waals surface area contributed by atoms with Gasteiger partial charge in [-0.15, -0.1) is 0 Å². The Morgan fingerprint density at radius 2 is 1.69 bits per heavy atom. The van der Waals surface area contributed by atoms with Gasteiger partial charge in [0.2, 0.25) is 5.91 Å². The smallest absolute Gasteiger partial charge is 0.409 e. The minimum Gasteiger partial charge on any atom is -0.448 e. The van der Waals surface area contributed by atoms with Crippen LogP contribution >= 0.6 is 0 Å². The van der Waals surface area contributed by atoms with Gasteiger partial charge in [0, 0.05) is 32.0 Å². The van der Waals surface area contributed by atoms with Crippen LogP contribution in [0.15, 0.2) is 48.5 Å². The van der Waals surface area contributed by atoms with Crippen LogP contribution in [0.4, 0.5) is 4.79 Å². The van der Waals surface area contributed by atoms with E-state index in [4.69, 9.17) is 4.74 Å². The molecule has 2 aromatic rings. The van der Waals surface area contributed by atoms with Crippen molar-refractivity contribution in [2.75, 3.05) is 26.2 Å². The van der Waals surface area contributed by atoms with Crippen molar-refractivity contribution in [1.29, 1.82) is 0 Å². The van der Waals surface area contributed by atoms with E-state index in [1.165, 1.54) is 22.3 Å². The van der Waals surface area contributed by atoms with Gasteiger partial charge in [-0.3, -0.25) is 4.79 Å². The maximum Gasteiger partial charge on any atom is 0.409 e. The van der Waals surface area contributed by atoms with Crippen LogP contribution in [0.5, 0.6) is 0 Å². The van der Waals surface area contributed by atoms with E-state index in [1.54, 1.807) is 4.90 Å². The van der Waals surface area contributed by atoms with Gasteiger partial charge in [0.15, 0.2) is 0 Å². The molecule has 5 heteroatoms. The molecule has 0 unspecified atom stereocenters. The summed E-state index contributed by atoms with van der Waals surface area (Å²) >= 11 is 0. The number of nitrogens with zero attached hydrogens (tertiary/aromatic N) is 1. The van der Waals surface area contributed by atoms with Gasteiger partial charge in [-0.1, -0.05) is 48.5 Å². The summed E-state index contributed by atoms with van der Waals surface area (Å²) in [6, 6.07) is 16.6. The molecule has 0 bridgehead atoms. The number of hydrogen-bond donors (Lipinski definition) is 1. The maximum atomic E-state index is 12.5. The Kier molecular flexibility index (Phi) is 4.61. The van der Waals surface area contributed by atoms with Gasteiger partial charge in [-0.05, 0) is 28.7 Å². The normalized spacial score (nSPS) is 16.9. The predicted molar refractivity (Wildman–Crippen MR) is 98.9 cm³/mol. The second-order valence-electron chi connectivity index (χ2n) is 6.74. The van der Waals surface area contributed by atoms with Crippen molar-refractivity contribution in [2.24, 2.45) is 0 Å². The molecule has 0 radical (unpaired) electrons. The Morgan fingerprint density at radius 3 is 2.38 bits per heavy atom. The second kappa shape index (κ2) is 7.20. The van der Waals surface area contributed by atoms with E-state index < -0.39 is 0 Å². The Labute approximate surface area is 153 Å². The molecule has 0 saturated carbocycles. The van der Waals surface area contributed by atoms with Crippen LogP contribution in [0.1, 0.15) is 29.9 Å². The van der Waals surface area contributed by atoms with E-state index in [-0.39, 0.29) is 17.9 Å². The number of benzene rings is 2. The summed E-state index contributed by atoms with van der Waals surface area (Å²) in [7, 11) is 0. The zero-order valence-electron chi connectivity index (χ0n) is 14.6. The second-order valence-corrected chi connectivity index (χ2v) is 6.74. The Morgan fingerprint density at radius 1 is 1.04 bits per heavy atom. The van der Waals surface area contributed by atoms with E-state index in [0.29, 0.717) is 32.7 Å². The number of ether oxygens (including phenoxy) is 1. The van der Waals surface area contributed by atoms with Crippen LogP contribution in [-0.4, -0.2) is 43.1 Å². The first-order chi connectivity index (χ1) is 12.7. The number of fused-ring (bicyclic) bond motifs is 3. The minimum atomic E-state index is -0.332. The third kappa shape index (κ3) is 3.17. The third-order valence-electron chi connectivity index (χ3n) is 5.13. The van der Waals surface area contributed by atoms with E-state index in [1.807, 2.05) is 24.3 Å².